The molecular formula is C13H22N4O2. The molecule has 0 bridgehead atoms. The summed E-state index contributed by atoms with van der Waals surface area (Å²) in [4.78, 5) is 0. The smallest absolute Gasteiger partial charge is 0.315 e. The van der Waals surface area contributed by atoms with E-state index in [1.165, 1.54) is 25.7 Å². The lowest BCUT2D eigenvalue weighted by atomic mass is 10.0. The SMILES string of the molecule is COCCC1(CNc2nnc(CNC3CC3)o2)CC1. The molecule has 3 rings (SSSR count). The Morgan fingerprint density at radius 2 is 2.21 bits per heavy atom. The maximum atomic E-state index is 5.56. The van der Waals surface area contributed by atoms with Gasteiger partial charge in [-0.05, 0) is 37.5 Å². The number of ether oxygens (including phenoxy) is 1. The Balaban J connectivity index is 1.42. The van der Waals surface area contributed by atoms with Crippen molar-refractivity contribution in [3.63, 3.8) is 0 Å². The molecule has 6 nitrogen and oxygen atoms in total. The van der Waals surface area contributed by atoms with E-state index in [9.17, 15) is 0 Å². The Bertz CT molecular complexity index is 413. The topological polar surface area (TPSA) is 72.2 Å². The maximum Gasteiger partial charge on any atom is 0.315 e. The molecule has 0 aliphatic heterocycles. The van der Waals surface area contributed by atoms with Crippen LogP contribution in [-0.4, -0.2) is 36.5 Å². The zero-order valence-corrected chi connectivity index (χ0v) is 11.4. The molecule has 1 aromatic heterocycles. The number of methoxy groups -OCH3 is 1. The monoisotopic (exact) mass is 266 g/mol. The van der Waals surface area contributed by atoms with E-state index in [1.54, 1.807) is 7.11 Å². The summed E-state index contributed by atoms with van der Waals surface area (Å²) in [7, 11) is 1.75. The summed E-state index contributed by atoms with van der Waals surface area (Å²) in [6.07, 6.45) is 6.14. The molecule has 0 amide bonds. The number of aromatic nitrogens is 2. The third kappa shape index (κ3) is 3.67. The molecule has 0 aromatic carbocycles. The first kappa shape index (κ1) is 12.9. The van der Waals surface area contributed by atoms with E-state index >= 15 is 0 Å². The Hall–Kier alpha value is -1.14. The third-order valence-corrected chi connectivity index (χ3v) is 3.99. The van der Waals surface area contributed by atoms with E-state index in [0.717, 1.165) is 19.6 Å². The molecule has 0 radical (unpaired) electrons. The molecule has 2 saturated carbocycles. The first-order valence-electron chi connectivity index (χ1n) is 7.08. The molecule has 0 unspecified atom stereocenters. The minimum atomic E-state index is 0.386. The van der Waals surface area contributed by atoms with Crippen molar-refractivity contribution < 1.29 is 9.15 Å². The fourth-order valence-electron chi connectivity index (χ4n) is 2.19. The fraction of sp³-hybridized carbons (Fsp3) is 0.846. The van der Waals surface area contributed by atoms with Crippen LogP contribution >= 0.6 is 0 Å². The minimum absolute atomic E-state index is 0.386. The molecule has 2 fully saturated rings. The highest BCUT2D eigenvalue weighted by molar-refractivity contribution is 5.19. The lowest BCUT2D eigenvalue weighted by Crippen LogP contribution is -2.17. The van der Waals surface area contributed by atoms with Crippen LogP contribution in [0, 0.1) is 5.41 Å². The van der Waals surface area contributed by atoms with Gasteiger partial charge in [-0.25, -0.2) is 0 Å². The summed E-state index contributed by atoms with van der Waals surface area (Å²) < 4.78 is 10.7. The van der Waals surface area contributed by atoms with E-state index in [1.807, 2.05) is 0 Å². The predicted octanol–water partition coefficient (Wildman–Crippen LogP) is 1.55. The van der Waals surface area contributed by atoms with Gasteiger partial charge in [-0.15, -0.1) is 5.10 Å². The lowest BCUT2D eigenvalue weighted by Gasteiger charge is -2.13. The van der Waals surface area contributed by atoms with E-state index in [-0.39, 0.29) is 0 Å². The second-order valence-electron chi connectivity index (χ2n) is 5.75. The Kier molecular flexibility index (Phi) is 3.70. The van der Waals surface area contributed by atoms with Crippen LogP contribution in [0.3, 0.4) is 0 Å². The van der Waals surface area contributed by atoms with E-state index < -0.39 is 0 Å². The van der Waals surface area contributed by atoms with Crippen molar-refractivity contribution in [1.82, 2.24) is 15.5 Å². The van der Waals surface area contributed by atoms with Crippen LogP contribution in [-0.2, 0) is 11.3 Å². The van der Waals surface area contributed by atoms with E-state index in [4.69, 9.17) is 9.15 Å². The highest BCUT2D eigenvalue weighted by atomic mass is 16.5. The number of nitrogens with zero attached hydrogens (tertiary/aromatic N) is 2. The average Bonchev–Trinajstić information content (AvgIpc) is 3.34. The van der Waals surface area contributed by atoms with Crippen molar-refractivity contribution in [2.24, 2.45) is 5.41 Å². The van der Waals surface area contributed by atoms with Crippen LogP contribution in [0.4, 0.5) is 6.01 Å². The third-order valence-electron chi connectivity index (χ3n) is 3.99. The van der Waals surface area contributed by atoms with Crippen molar-refractivity contribution in [3.8, 4) is 0 Å². The number of hydrogen-bond donors (Lipinski definition) is 2. The van der Waals surface area contributed by atoms with E-state index in [0.29, 0.717) is 29.9 Å². The van der Waals surface area contributed by atoms with Crippen LogP contribution < -0.4 is 10.6 Å². The van der Waals surface area contributed by atoms with Crippen LogP contribution in [0.25, 0.3) is 0 Å². The number of anilines is 1. The van der Waals surface area contributed by atoms with Gasteiger partial charge in [0.15, 0.2) is 0 Å². The largest absolute Gasteiger partial charge is 0.407 e. The van der Waals surface area contributed by atoms with Gasteiger partial charge in [0, 0.05) is 26.3 Å². The van der Waals surface area contributed by atoms with Crippen molar-refractivity contribution in [2.45, 2.75) is 44.7 Å². The molecule has 0 spiro atoms. The fourth-order valence-corrected chi connectivity index (χ4v) is 2.19. The Morgan fingerprint density at radius 1 is 1.37 bits per heavy atom. The normalized spacial score (nSPS) is 20.5. The van der Waals surface area contributed by atoms with Crippen LogP contribution in [0.1, 0.15) is 38.0 Å². The second-order valence-corrected chi connectivity index (χ2v) is 5.75. The molecule has 106 valence electrons. The zero-order chi connectivity index (χ0) is 13.1. The summed E-state index contributed by atoms with van der Waals surface area (Å²) in [5, 5.41) is 14.7. The quantitative estimate of drug-likeness (QED) is 0.706. The zero-order valence-electron chi connectivity index (χ0n) is 11.4. The molecule has 6 heteroatoms. The van der Waals surface area contributed by atoms with Crippen molar-refractivity contribution >= 4 is 6.01 Å². The van der Waals surface area contributed by atoms with Crippen molar-refractivity contribution in [3.05, 3.63) is 5.89 Å². The first-order chi connectivity index (χ1) is 9.30. The molecule has 2 aliphatic rings. The van der Waals surface area contributed by atoms with Gasteiger partial charge in [-0.1, -0.05) is 5.10 Å². The highest BCUT2D eigenvalue weighted by Crippen LogP contribution is 2.48. The Labute approximate surface area is 113 Å². The van der Waals surface area contributed by atoms with Gasteiger partial charge in [-0.2, -0.15) is 0 Å². The molecule has 1 heterocycles. The standard InChI is InChI=1S/C13H22N4O2/c1-18-7-6-13(4-5-13)9-15-12-17-16-11(19-12)8-14-10-2-3-10/h10,14H,2-9H2,1H3,(H,15,17). The summed E-state index contributed by atoms with van der Waals surface area (Å²) in [5.41, 5.74) is 0.386. The summed E-state index contributed by atoms with van der Waals surface area (Å²) in [6, 6.07) is 1.20. The summed E-state index contributed by atoms with van der Waals surface area (Å²) in [5.74, 6) is 0.663. The van der Waals surface area contributed by atoms with Gasteiger partial charge < -0.3 is 19.8 Å². The van der Waals surface area contributed by atoms with Crippen LogP contribution in [0.5, 0.6) is 0 Å². The van der Waals surface area contributed by atoms with Gasteiger partial charge in [0.05, 0.1) is 6.54 Å². The van der Waals surface area contributed by atoms with E-state index in [2.05, 4.69) is 20.8 Å². The molecular weight excluding hydrogens is 244 g/mol. The first-order valence-corrected chi connectivity index (χ1v) is 7.08. The average molecular weight is 266 g/mol. The van der Waals surface area contributed by atoms with Gasteiger partial charge in [0.2, 0.25) is 5.89 Å². The molecule has 0 atom stereocenters. The number of rotatable bonds is 9. The van der Waals surface area contributed by atoms with Gasteiger partial charge >= 0.3 is 6.01 Å². The molecule has 2 aliphatic carbocycles. The summed E-state index contributed by atoms with van der Waals surface area (Å²) >= 11 is 0. The molecule has 2 N–H and O–H groups in total. The lowest BCUT2D eigenvalue weighted by molar-refractivity contribution is 0.174. The summed E-state index contributed by atoms with van der Waals surface area (Å²) in [6.45, 7) is 2.39. The molecule has 1 aromatic rings. The highest BCUT2D eigenvalue weighted by Gasteiger charge is 2.42. The molecule has 19 heavy (non-hydrogen) atoms. The minimum Gasteiger partial charge on any atom is -0.407 e. The van der Waals surface area contributed by atoms with Crippen molar-refractivity contribution in [1.29, 1.82) is 0 Å². The van der Waals surface area contributed by atoms with Gasteiger partial charge in [0.25, 0.3) is 0 Å². The van der Waals surface area contributed by atoms with Gasteiger partial charge in [0.1, 0.15) is 0 Å². The van der Waals surface area contributed by atoms with Crippen LogP contribution in [0.15, 0.2) is 4.42 Å². The maximum absolute atomic E-state index is 5.56. The number of nitrogens with one attached hydrogen (secondary N) is 2. The second kappa shape index (κ2) is 5.46. The van der Waals surface area contributed by atoms with Gasteiger partial charge in [-0.3, -0.25) is 0 Å². The predicted molar refractivity (Wildman–Crippen MR) is 70.8 cm³/mol. The Morgan fingerprint density at radius 3 is 2.89 bits per heavy atom. The van der Waals surface area contributed by atoms with Crippen LogP contribution in [0.2, 0.25) is 0 Å². The number of hydrogen-bond acceptors (Lipinski definition) is 6. The van der Waals surface area contributed by atoms with Crippen molar-refractivity contribution in [2.75, 3.05) is 25.6 Å². The molecule has 0 saturated heterocycles.